The molecule has 5 heteroatoms. The summed E-state index contributed by atoms with van der Waals surface area (Å²) in [4.78, 5) is 15.6. The van der Waals surface area contributed by atoms with Crippen LogP contribution in [0, 0.1) is 0 Å². The summed E-state index contributed by atoms with van der Waals surface area (Å²) >= 11 is 0. The van der Waals surface area contributed by atoms with Crippen molar-refractivity contribution in [3.8, 4) is 67.3 Å². The van der Waals surface area contributed by atoms with Crippen molar-refractivity contribution in [3.05, 3.63) is 223 Å². The Bertz CT molecular complexity index is 3540. The molecule has 63 heavy (non-hydrogen) atoms. The van der Waals surface area contributed by atoms with Crippen LogP contribution in [0.2, 0.25) is 0 Å². The molecular formula is C58H39N3O2. The standard InChI is InChI=1S/C58H39N3O2/c1-3-46(58-60-56(44-25-14-23-40(33-44)37-17-8-5-9-18-37)59-57(61-58)45-26-15-24-41(34-45)38-19-10-6-11-20-38)54-49-36-43(30-32-51(49)62-50(54)4-2)47-27-16-28-53-55(47)48-35-42(29-31-52(48)63-53)39-21-12-7-13-22-39/h3-36H,1H2,2H3/b50-4+,54-46+. The van der Waals surface area contributed by atoms with Gasteiger partial charge in [-0.25, -0.2) is 15.0 Å². The summed E-state index contributed by atoms with van der Waals surface area (Å²) in [6, 6.07) is 66.9. The summed E-state index contributed by atoms with van der Waals surface area (Å²) in [5, 5.41) is 3.91. The molecule has 0 radical (unpaired) electrons. The van der Waals surface area contributed by atoms with E-state index >= 15 is 0 Å². The van der Waals surface area contributed by atoms with E-state index in [2.05, 4.69) is 170 Å². The molecule has 0 aliphatic carbocycles. The molecule has 0 amide bonds. The zero-order chi connectivity index (χ0) is 42.3. The second kappa shape index (κ2) is 15.9. The van der Waals surface area contributed by atoms with E-state index in [9.17, 15) is 0 Å². The molecule has 3 heterocycles. The lowest BCUT2D eigenvalue weighted by Gasteiger charge is -2.11. The number of allylic oxidation sites excluding steroid dienone is 1. The highest BCUT2D eigenvalue weighted by atomic mass is 16.3. The van der Waals surface area contributed by atoms with E-state index in [1.807, 2.05) is 49.4 Å². The average molecular weight is 810 g/mol. The molecule has 0 saturated carbocycles. The highest BCUT2D eigenvalue weighted by Gasteiger charge is 2.19. The number of aromatic nitrogens is 3. The number of benzene rings is 8. The van der Waals surface area contributed by atoms with E-state index in [0.717, 1.165) is 99.3 Å². The van der Waals surface area contributed by atoms with Crippen LogP contribution in [0.1, 0.15) is 12.7 Å². The monoisotopic (exact) mass is 809 g/mol. The third kappa shape index (κ3) is 6.92. The van der Waals surface area contributed by atoms with Crippen LogP contribution in [0.15, 0.2) is 216 Å². The molecule has 0 saturated heterocycles. The van der Waals surface area contributed by atoms with Crippen LogP contribution in [0.3, 0.4) is 0 Å². The molecule has 0 unspecified atom stereocenters. The van der Waals surface area contributed by atoms with Gasteiger partial charge in [0.25, 0.3) is 0 Å². The number of furan rings is 2. The lowest BCUT2D eigenvalue weighted by molar-refractivity contribution is 0.574. The summed E-state index contributed by atoms with van der Waals surface area (Å²) in [5.41, 5.74) is 14.4. The van der Waals surface area contributed by atoms with Gasteiger partial charge in [-0.3, -0.25) is 0 Å². The molecule has 0 spiro atoms. The Kier molecular flexibility index (Phi) is 9.48. The third-order valence-corrected chi connectivity index (χ3v) is 11.7. The molecule has 0 aliphatic rings. The maximum Gasteiger partial charge on any atom is 0.164 e. The highest BCUT2D eigenvalue weighted by molar-refractivity contribution is 6.13. The Morgan fingerprint density at radius 1 is 0.429 bits per heavy atom. The van der Waals surface area contributed by atoms with E-state index in [1.165, 1.54) is 0 Å². The van der Waals surface area contributed by atoms with Crippen molar-refractivity contribution in [2.75, 3.05) is 0 Å². The Morgan fingerprint density at radius 2 is 0.921 bits per heavy atom. The van der Waals surface area contributed by atoms with Gasteiger partial charge in [-0.05, 0) is 100.0 Å². The minimum Gasteiger partial charge on any atom is -0.456 e. The van der Waals surface area contributed by atoms with Gasteiger partial charge in [0.15, 0.2) is 17.5 Å². The Morgan fingerprint density at radius 3 is 1.49 bits per heavy atom. The van der Waals surface area contributed by atoms with E-state index < -0.39 is 0 Å². The van der Waals surface area contributed by atoms with Gasteiger partial charge in [0.05, 0.1) is 0 Å². The van der Waals surface area contributed by atoms with Gasteiger partial charge in [0, 0.05) is 38.1 Å². The number of rotatable bonds is 8. The van der Waals surface area contributed by atoms with Crippen molar-refractivity contribution in [2.45, 2.75) is 6.92 Å². The predicted molar refractivity (Wildman–Crippen MR) is 258 cm³/mol. The van der Waals surface area contributed by atoms with Crippen LogP contribution in [-0.2, 0) is 0 Å². The number of fused-ring (bicyclic) bond motifs is 4. The van der Waals surface area contributed by atoms with Crippen LogP contribution >= 0.6 is 0 Å². The lowest BCUT2D eigenvalue weighted by atomic mass is 9.96. The van der Waals surface area contributed by atoms with E-state index in [0.29, 0.717) is 22.9 Å². The smallest absolute Gasteiger partial charge is 0.164 e. The third-order valence-electron chi connectivity index (χ3n) is 11.7. The quantitative estimate of drug-likeness (QED) is 0.153. The van der Waals surface area contributed by atoms with Crippen LogP contribution in [-0.4, -0.2) is 15.0 Å². The lowest BCUT2D eigenvalue weighted by Crippen LogP contribution is -2.24. The van der Waals surface area contributed by atoms with Crippen molar-refractivity contribution in [1.82, 2.24) is 15.0 Å². The summed E-state index contributed by atoms with van der Waals surface area (Å²) in [5.74, 6) is 1.61. The molecule has 3 aromatic heterocycles. The molecular weight excluding hydrogens is 771 g/mol. The second-order valence-electron chi connectivity index (χ2n) is 15.5. The first-order valence-electron chi connectivity index (χ1n) is 21.1. The van der Waals surface area contributed by atoms with Crippen molar-refractivity contribution in [2.24, 2.45) is 0 Å². The van der Waals surface area contributed by atoms with E-state index in [4.69, 9.17) is 23.8 Å². The molecule has 0 N–H and O–H groups in total. The first-order chi connectivity index (χ1) is 31.1. The van der Waals surface area contributed by atoms with E-state index in [1.54, 1.807) is 0 Å². The van der Waals surface area contributed by atoms with E-state index in [-0.39, 0.29) is 0 Å². The van der Waals surface area contributed by atoms with Gasteiger partial charge in [-0.15, -0.1) is 0 Å². The minimum absolute atomic E-state index is 0.493. The Labute approximate surface area is 364 Å². The molecule has 0 fully saturated rings. The number of hydrogen-bond acceptors (Lipinski definition) is 5. The van der Waals surface area contributed by atoms with Crippen LogP contribution in [0.5, 0.6) is 0 Å². The second-order valence-corrected chi connectivity index (χ2v) is 15.5. The summed E-state index contributed by atoms with van der Waals surface area (Å²) in [6.07, 6.45) is 3.83. The molecule has 11 rings (SSSR count). The summed E-state index contributed by atoms with van der Waals surface area (Å²) in [7, 11) is 0. The van der Waals surface area contributed by atoms with Gasteiger partial charge in [0.1, 0.15) is 22.2 Å². The molecule has 8 aromatic carbocycles. The van der Waals surface area contributed by atoms with Gasteiger partial charge < -0.3 is 8.83 Å². The fourth-order valence-corrected chi connectivity index (χ4v) is 8.64. The average Bonchev–Trinajstić information content (AvgIpc) is 3.93. The topological polar surface area (TPSA) is 65.0 Å². The summed E-state index contributed by atoms with van der Waals surface area (Å²) in [6.45, 7) is 6.35. The first-order valence-corrected chi connectivity index (χ1v) is 21.1. The van der Waals surface area contributed by atoms with Crippen molar-refractivity contribution < 1.29 is 8.83 Å². The molecule has 0 bridgehead atoms. The maximum absolute atomic E-state index is 6.60. The molecule has 0 aliphatic heterocycles. The maximum atomic E-state index is 6.60. The van der Waals surface area contributed by atoms with Gasteiger partial charge in [-0.1, -0.05) is 164 Å². The van der Waals surface area contributed by atoms with Gasteiger partial charge in [0.2, 0.25) is 0 Å². The summed E-state index contributed by atoms with van der Waals surface area (Å²) < 4.78 is 13.0. The fraction of sp³-hybridized carbons (Fsp3) is 0.0172. The van der Waals surface area contributed by atoms with Crippen molar-refractivity contribution in [1.29, 1.82) is 0 Å². The van der Waals surface area contributed by atoms with Crippen molar-refractivity contribution in [3.63, 3.8) is 0 Å². The van der Waals surface area contributed by atoms with Crippen molar-refractivity contribution >= 4 is 44.6 Å². The molecule has 11 aromatic rings. The molecule has 298 valence electrons. The Hall–Kier alpha value is -8.41. The zero-order valence-corrected chi connectivity index (χ0v) is 34.5. The van der Waals surface area contributed by atoms with Crippen LogP contribution in [0.4, 0.5) is 0 Å². The Balaban J connectivity index is 1.13. The minimum atomic E-state index is 0.493. The number of hydrogen-bond donors (Lipinski definition) is 0. The molecule has 5 nitrogen and oxygen atoms in total. The zero-order valence-electron chi connectivity index (χ0n) is 34.5. The fourth-order valence-electron chi connectivity index (χ4n) is 8.64. The largest absolute Gasteiger partial charge is 0.456 e. The van der Waals surface area contributed by atoms with Gasteiger partial charge in [-0.2, -0.15) is 0 Å². The number of nitrogens with zero attached hydrogens (tertiary/aromatic N) is 3. The first kappa shape index (κ1) is 37.6. The normalized spacial score (nSPS) is 12.3. The van der Waals surface area contributed by atoms with Crippen LogP contribution in [0.25, 0.3) is 112 Å². The predicted octanol–water partition coefficient (Wildman–Crippen LogP) is 13.7. The van der Waals surface area contributed by atoms with Crippen LogP contribution < -0.4 is 10.6 Å². The molecule has 0 atom stereocenters. The SMILES string of the molecule is C=C/C(c1nc(-c2cccc(-c3ccccc3)c2)nc(-c2cccc(-c3ccccc3)c2)n1)=c1\c(=C/C)oc2ccc(-c3cccc4oc5ccc(-c6ccccc6)cc5c34)cc12. The highest BCUT2D eigenvalue weighted by Crippen LogP contribution is 2.39. The van der Waals surface area contributed by atoms with Gasteiger partial charge >= 0.3 is 0 Å².